The third-order valence-corrected chi connectivity index (χ3v) is 4.59. The van der Waals surface area contributed by atoms with E-state index in [0.717, 1.165) is 12.8 Å². The molecule has 1 aromatic rings. The van der Waals surface area contributed by atoms with E-state index in [1.54, 1.807) is 0 Å². The summed E-state index contributed by atoms with van der Waals surface area (Å²) in [4.78, 5) is 23.5. The number of ether oxygens (including phenoxy) is 2. The SMILES string of the molecule is C[C@@H]1[C@H](C)CCC[C@H]1NC(=O)COC(=O)COc1ccc(F)cc1. The predicted molar refractivity (Wildman–Crippen MR) is 87.0 cm³/mol. The zero-order chi connectivity index (χ0) is 17.5. The molecule has 3 atom stereocenters. The monoisotopic (exact) mass is 337 g/mol. The van der Waals surface area contributed by atoms with Gasteiger partial charge in [0.2, 0.25) is 0 Å². The molecule has 1 N–H and O–H groups in total. The van der Waals surface area contributed by atoms with Crippen LogP contribution in [0.5, 0.6) is 5.75 Å². The molecule has 24 heavy (non-hydrogen) atoms. The molecule has 0 radical (unpaired) electrons. The van der Waals surface area contributed by atoms with Crippen molar-refractivity contribution in [1.29, 1.82) is 0 Å². The smallest absolute Gasteiger partial charge is 0.344 e. The highest BCUT2D eigenvalue weighted by molar-refractivity contribution is 5.81. The Labute approximate surface area is 141 Å². The molecular formula is C18H24FNO4. The molecule has 0 unspecified atom stereocenters. The number of rotatable bonds is 6. The number of carbonyl (C=O) groups excluding carboxylic acids is 2. The summed E-state index contributed by atoms with van der Waals surface area (Å²) in [7, 11) is 0. The Hall–Kier alpha value is -2.11. The maximum absolute atomic E-state index is 12.7. The third kappa shape index (κ3) is 5.51. The van der Waals surface area contributed by atoms with Gasteiger partial charge in [0.1, 0.15) is 11.6 Å². The van der Waals surface area contributed by atoms with E-state index >= 15 is 0 Å². The summed E-state index contributed by atoms with van der Waals surface area (Å²) in [5.41, 5.74) is 0. The molecule has 1 aliphatic rings. The van der Waals surface area contributed by atoms with Gasteiger partial charge in [-0.05, 0) is 42.5 Å². The fourth-order valence-electron chi connectivity index (χ4n) is 2.89. The molecule has 6 heteroatoms. The molecule has 0 aromatic heterocycles. The molecule has 0 heterocycles. The second kappa shape index (κ2) is 8.66. The highest BCUT2D eigenvalue weighted by Crippen LogP contribution is 2.29. The molecule has 1 amide bonds. The van der Waals surface area contributed by atoms with E-state index in [4.69, 9.17) is 9.47 Å². The lowest BCUT2D eigenvalue weighted by atomic mass is 9.78. The van der Waals surface area contributed by atoms with E-state index < -0.39 is 5.97 Å². The number of benzene rings is 1. The number of hydrogen-bond donors (Lipinski definition) is 1. The van der Waals surface area contributed by atoms with Crippen LogP contribution in [0, 0.1) is 17.7 Å². The second-order valence-corrected chi connectivity index (χ2v) is 6.34. The summed E-state index contributed by atoms with van der Waals surface area (Å²) in [6.45, 7) is 3.69. The number of nitrogens with one attached hydrogen (secondary N) is 1. The Morgan fingerprint density at radius 2 is 1.88 bits per heavy atom. The lowest BCUT2D eigenvalue weighted by Gasteiger charge is -2.34. The van der Waals surface area contributed by atoms with Crippen LogP contribution in [-0.4, -0.2) is 31.1 Å². The van der Waals surface area contributed by atoms with Gasteiger partial charge in [-0.3, -0.25) is 4.79 Å². The first-order valence-electron chi connectivity index (χ1n) is 8.29. The molecule has 2 rings (SSSR count). The minimum absolute atomic E-state index is 0.135. The minimum Gasteiger partial charge on any atom is -0.482 e. The van der Waals surface area contributed by atoms with Crippen molar-refractivity contribution >= 4 is 11.9 Å². The summed E-state index contributed by atoms with van der Waals surface area (Å²) in [6.07, 6.45) is 3.24. The fraction of sp³-hybridized carbons (Fsp3) is 0.556. The van der Waals surface area contributed by atoms with Gasteiger partial charge < -0.3 is 14.8 Å². The maximum atomic E-state index is 12.7. The van der Waals surface area contributed by atoms with Crippen molar-refractivity contribution in [3.05, 3.63) is 30.1 Å². The van der Waals surface area contributed by atoms with Gasteiger partial charge in [-0.1, -0.05) is 26.7 Å². The molecule has 0 spiro atoms. The molecule has 1 aliphatic carbocycles. The topological polar surface area (TPSA) is 64.6 Å². The average molecular weight is 337 g/mol. The van der Waals surface area contributed by atoms with Crippen LogP contribution in [-0.2, 0) is 14.3 Å². The maximum Gasteiger partial charge on any atom is 0.344 e. The van der Waals surface area contributed by atoms with Crippen LogP contribution >= 0.6 is 0 Å². The number of halogens is 1. The fourth-order valence-corrected chi connectivity index (χ4v) is 2.89. The standard InChI is InChI=1S/C18H24FNO4/c1-12-4-3-5-16(13(12)2)20-17(21)10-24-18(22)11-23-15-8-6-14(19)7-9-15/h6-9,12-13,16H,3-5,10-11H2,1-2H3,(H,20,21)/t12-,13-,16-/m1/s1. The molecule has 1 fully saturated rings. The number of amides is 1. The summed E-state index contributed by atoms with van der Waals surface area (Å²) < 4.78 is 22.8. The summed E-state index contributed by atoms with van der Waals surface area (Å²) in [5, 5.41) is 2.94. The van der Waals surface area contributed by atoms with E-state index in [9.17, 15) is 14.0 Å². The minimum atomic E-state index is -0.639. The van der Waals surface area contributed by atoms with Gasteiger partial charge in [0.25, 0.3) is 5.91 Å². The summed E-state index contributed by atoms with van der Waals surface area (Å²) in [6, 6.07) is 5.44. The van der Waals surface area contributed by atoms with Gasteiger partial charge in [0.05, 0.1) is 0 Å². The van der Waals surface area contributed by atoms with Gasteiger partial charge in [0.15, 0.2) is 13.2 Å². The molecular weight excluding hydrogens is 313 g/mol. The molecule has 0 aliphatic heterocycles. The first-order chi connectivity index (χ1) is 11.5. The normalized spacial score (nSPS) is 23.4. The quantitative estimate of drug-likeness (QED) is 0.811. The van der Waals surface area contributed by atoms with E-state index in [0.29, 0.717) is 17.6 Å². The van der Waals surface area contributed by atoms with Crippen LogP contribution in [0.2, 0.25) is 0 Å². The molecule has 5 nitrogen and oxygen atoms in total. The van der Waals surface area contributed by atoms with Gasteiger partial charge in [0, 0.05) is 6.04 Å². The van der Waals surface area contributed by atoms with Gasteiger partial charge >= 0.3 is 5.97 Å². The second-order valence-electron chi connectivity index (χ2n) is 6.34. The summed E-state index contributed by atoms with van der Waals surface area (Å²) in [5.74, 6) is 0.0437. The van der Waals surface area contributed by atoms with Crippen LogP contribution in [0.4, 0.5) is 4.39 Å². The Morgan fingerprint density at radius 1 is 1.17 bits per heavy atom. The summed E-state index contributed by atoms with van der Waals surface area (Å²) >= 11 is 0. The molecule has 1 saturated carbocycles. The third-order valence-electron chi connectivity index (χ3n) is 4.59. The van der Waals surface area contributed by atoms with Crippen molar-refractivity contribution in [1.82, 2.24) is 5.32 Å². The van der Waals surface area contributed by atoms with Crippen molar-refractivity contribution in [2.24, 2.45) is 11.8 Å². The van der Waals surface area contributed by atoms with E-state index in [1.807, 2.05) is 0 Å². The van der Waals surface area contributed by atoms with Crippen LogP contribution in [0.15, 0.2) is 24.3 Å². The largest absolute Gasteiger partial charge is 0.482 e. The average Bonchev–Trinajstić information content (AvgIpc) is 2.56. The van der Waals surface area contributed by atoms with Crippen molar-refractivity contribution < 1.29 is 23.5 Å². The van der Waals surface area contributed by atoms with Crippen LogP contribution in [0.1, 0.15) is 33.1 Å². The Morgan fingerprint density at radius 3 is 2.58 bits per heavy atom. The lowest BCUT2D eigenvalue weighted by Crippen LogP contribution is -2.45. The highest BCUT2D eigenvalue weighted by Gasteiger charge is 2.28. The zero-order valence-corrected chi connectivity index (χ0v) is 14.1. The Balaban J connectivity index is 1.67. The van der Waals surface area contributed by atoms with Gasteiger partial charge in [-0.2, -0.15) is 0 Å². The molecule has 0 bridgehead atoms. The van der Waals surface area contributed by atoms with E-state index in [1.165, 1.54) is 30.7 Å². The van der Waals surface area contributed by atoms with Crippen molar-refractivity contribution in [3.8, 4) is 5.75 Å². The first-order valence-corrected chi connectivity index (χ1v) is 8.29. The number of carbonyl (C=O) groups is 2. The first kappa shape index (κ1) is 18.2. The van der Waals surface area contributed by atoms with E-state index in [2.05, 4.69) is 19.2 Å². The van der Waals surface area contributed by atoms with E-state index in [-0.39, 0.29) is 31.0 Å². The van der Waals surface area contributed by atoms with Crippen LogP contribution in [0.3, 0.4) is 0 Å². The Kier molecular flexibility index (Phi) is 6.58. The van der Waals surface area contributed by atoms with Crippen molar-refractivity contribution in [2.45, 2.75) is 39.2 Å². The zero-order valence-electron chi connectivity index (χ0n) is 14.1. The van der Waals surface area contributed by atoms with Crippen LogP contribution in [0.25, 0.3) is 0 Å². The highest BCUT2D eigenvalue weighted by atomic mass is 19.1. The number of esters is 1. The van der Waals surface area contributed by atoms with Crippen molar-refractivity contribution in [2.75, 3.05) is 13.2 Å². The van der Waals surface area contributed by atoms with Gasteiger partial charge in [-0.15, -0.1) is 0 Å². The lowest BCUT2D eigenvalue weighted by molar-refractivity contribution is -0.150. The number of hydrogen-bond acceptors (Lipinski definition) is 4. The predicted octanol–water partition coefficient (Wildman–Crippen LogP) is 2.69. The molecule has 132 valence electrons. The molecule has 0 saturated heterocycles. The Bertz CT molecular complexity index is 561. The molecule has 1 aromatic carbocycles. The van der Waals surface area contributed by atoms with Crippen molar-refractivity contribution in [3.63, 3.8) is 0 Å². The van der Waals surface area contributed by atoms with Crippen LogP contribution < -0.4 is 10.1 Å². The van der Waals surface area contributed by atoms with Gasteiger partial charge in [-0.25, -0.2) is 9.18 Å².